The summed E-state index contributed by atoms with van der Waals surface area (Å²) < 4.78 is 8.11. The second-order valence-electron chi connectivity index (χ2n) is 4.94. The fraction of sp³-hybridized carbons (Fsp3) is 0.769. The van der Waals surface area contributed by atoms with Gasteiger partial charge in [-0.3, -0.25) is 0 Å². The fourth-order valence-electron chi connectivity index (χ4n) is 2.45. The molecular formula is C13H23N3O. The number of imidazole rings is 1. The quantitative estimate of drug-likeness (QED) is 0.853. The van der Waals surface area contributed by atoms with Crippen LogP contribution in [0.25, 0.3) is 0 Å². The standard InChI is InChI=1S/C13H23N3O/c1-2-6-16-10-15-8-12(16)9-17-13-5-3-4-11(14)7-13/h8,10-11,13H,2-7,9,14H2,1H3. The maximum atomic E-state index is 5.95. The molecule has 0 saturated heterocycles. The van der Waals surface area contributed by atoms with Crippen molar-refractivity contribution in [3.63, 3.8) is 0 Å². The van der Waals surface area contributed by atoms with E-state index in [1.165, 1.54) is 12.1 Å². The highest BCUT2D eigenvalue weighted by Gasteiger charge is 2.19. The fourth-order valence-corrected chi connectivity index (χ4v) is 2.45. The molecule has 0 spiro atoms. The van der Waals surface area contributed by atoms with Crippen molar-refractivity contribution in [3.05, 3.63) is 18.2 Å². The Morgan fingerprint density at radius 3 is 3.18 bits per heavy atom. The third-order valence-electron chi connectivity index (χ3n) is 3.40. The minimum atomic E-state index is 0.328. The van der Waals surface area contributed by atoms with Crippen LogP contribution in [0.4, 0.5) is 0 Å². The molecule has 4 nitrogen and oxygen atoms in total. The number of hydrogen-bond donors (Lipinski definition) is 1. The van der Waals surface area contributed by atoms with Crippen LogP contribution >= 0.6 is 0 Å². The first-order valence-corrected chi connectivity index (χ1v) is 6.65. The van der Waals surface area contributed by atoms with Gasteiger partial charge >= 0.3 is 0 Å². The number of rotatable bonds is 5. The Hall–Kier alpha value is -0.870. The number of nitrogens with two attached hydrogens (primary N) is 1. The largest absolute Gasteiger partial charge is 0.372 e. The van der Waals surface area contributed by atoms with Crippen molar-refractivity contribution < 1.29 is 4.74 Å². The van der Waals surface area contributed by atoms with Gasteiger partial charge in [-0.25, -0.2) is 4.98 Å². The summed E-state index contributed by atoms with van der Waals surface area (Å²) in [6.45, 7) is 3.85. The third-order valence-corrected chi connectivity index (χ3v) is 3.40. The summed E-state index contributed by atoms with van der Waals surface area (Å²) in [5.41, 5.74) is 7.13. The van der Waals surface area contributed by atoms with Crippen molar-refractivity contribution in [2.75, 3.05) is 0 Å². The predicted octanol–water partition coefficient (Wildman–Crippen LogP) is 2.08. The normalized spacial score (nSPS) is 25.1. The van der Waals surface area contributed by atoms with E-state index in [-0.39, 0.29) is 0 Å². The van der Waals surface area contributed by atoms with Gasteiger partial charge in [0.25, 0.3) is 0 Å². The van der Waals surface area contributed by atoms with E-state index < -0.39 is 0 Å². The number of aromatic nitrogens is 2. The van der Waals surface area contributed by atoms with Crippen LogP contribution in [0.5, 0.6) is 0 Å². The summed E-state index contributed by atoms with van der Waals surface area (Å²) in [6, 6.07) is 0.328. The smallest absolute Gasteiger partial charge is 0.0948 e. The molecule has 2 atom stereocenters. The molecule has 2 N–H and O–H groups in total. The first-order chi connectivity index (χ1) is 8.29. The summed E-state index contributed by atoms with van der Waals surface area (Å²) >= 11 is 0. The van der Waals surface area contributed by atoms with Crippen molar-refractivity contribution >= 4 is 0 Å². The highest BCUT2D eigenvalue weighted by atomic mass is 16.5. The highest BCUT2D eigenvalue weighted by Crippen LogP contribution is 2.20. The van der Waals surface area contributed by atoms with Crippen molar-refractivity contribution in [1.29, 1.82) is 0 Å². The average molecular weight is 237 g/mol. The Balaban J connectivity index is 1.82. The van der Waals surface area contributed by atoms with E-state index in [0.29, 0.717) is 18.8 Å². The molecule has 1 saturated carbocycles. The molecule has 1 aromatic rings. The number of nitrogens with zero attached hydrogens (tertiary/aromatic N) is 2. The molecule has 1 aromatic heterocycles. The van der Waals surface area contributed by atoms with Crippen molar-refractivity contribution in [1.82, 2.24) is 9.55 Å². The molecule has 1 aliphatic carbocycles. The molecule has 0 aromatic carbocycles. The van der Waals surface area contributed by atoms with Crippen LogP contribution in [0, 0.1) is 0 Å². The summed E-state index contributed by atoms with van der Waals surface area (Å²) in [7, 11) is 0. The third kappa shape index (κ3) is 3.54. The lowest BCUT2D eigenvalue weighted by Crippen LogP contribution is -2.32. The molecule has 4 heteroatoms. The van der Waals surface area contributed by atoms with Crippen LogP contribution in [0.15, 0.2) is 12.5 Å². The maximum Gasteiger partial charge on any atom is 0.0948 e. The maximum absolute atomic E-state index is 5.95. The summed E-state index contributed by atoms with van der Waals surface area (Å²) in [4.78, 5) is 4.18. The van der Waals surface area contributed by atoms with E-state index in [0.717, 1.165) is 32.2 Å². The lowest BCUT2D eigenvalue weighted by atomic mass is 9.94. The molecule has 2 rings (SSSR count). The Morgan fingerprint density at radius 2 is 2.41 bits per heavy atom. The summed E-state index contributed by atoms with van der Waals surface area (Å²) in [5.74, 6) is 0. The topological polar surface area (TPSA) is 53.1 Å². The molecule has 17 heavy (non-hydrogen) atoms. The molecule has 1 aliphatic rings. The molecular weight excluding hydrogens is 214 g/mol. The van der Waals surface area contributed by atoms with E-state index >= 15 is 0 Å². The average Bonchev–Trinajstić information content (AvgIpc) is 2.75. The minimum absolute atomic E-state index is 0.328. The van der Waals surface area contributed by atoms with Gasteiger partial charge in [0.15, 0.2) is 0 Å². The molecule has 1 fully saturated rings. The number of ether oxygens (including phenoxy) is 1. The zero-order valence-corrected chi connectivity index (χ0v) is 10.6. The highest BCUT2D eigenvalue weighted by molar-refractivity contribution is 4.96. The lowest BCUT2D eigenvalue weighted by molar-refractivity contribution is 0.00942. The Morgan fingerprint density at radius 1 is 1.53 bits per heavy atom. The predicted molar refractivity (Wildman–Crippen MR) is 67.5 cm³/mol. The molecule has 0 radical (unpaired) electrons. The second-order valence-corrected chi connectivity index (χ2v) is 4.94. The van der Waals surface area contributed by atoms with Crippen molar-refractivity contribution in [2.45, 2.75) is 64.3 Å². The van der Waals surface area contributed by atoms with Gasteiger partial charge in [-0.2, -0.15) is 0 Å². The summed E-state index contributed by atoms with van der Waals surface area (Å²) in [5, 5.41) is 0. The van der Waals surface area contributed by atoms with E-state index in [4.69, 9.17) is 10.5 Å². The first-order valence-electron chi connectivity index (χ1n) is 6.65. The number of hydrogen-bond acceptors (Lipinski definition) is 3. The molecule has 0 amide bonds. The summed E-state index contributed by atoms with van der Waals surface area (Å²) in [6.07, 6.45) is 9.74. The van der Waals surface area contributed by atoms with Gasteiger partial charge in [0.05, 0.1) is 30.9 Å². The zero-order chi connectivity index (χ0) is 12.1. The molecule has 1 heterocycles. The monoisotopic (exact) mass is 237 g/mol. The van der Waals surface area contributed by atoms with Gasteiger partial charge < -0.3 is 15.0 Å². The van der Waals surface area contributed by atoms with Gasteiger partial charge in [0.2, 0.25) is 0 Å². The Labute approximate surface area is 103 Å². The van der Waals surface area contributed by atoms with Crippen LogP contribution in [-0.4, -0.2) is 21.7 Å². The minimum Gasteiger partial charge on any atom is -0.372 e. The first kappa shape index (κ1) is 12.6. The van der Waals surface area contributed by atoms with Crippen LogP contribution in [0.2, 0.25) is 0 Å². The van der Waals surface area contributed by atoms with Crippen LogP contribution in [0.1, 0.15) is 44.7 Å². The Bertz CT molecular complexity index is 337. The van der Waals surface area contributed by atoms with E-state index in [9.17, 15) is 0 Å². The van der Waals surface area contributed by atoms with Gasteiger partial charge in [-0.1, -0.05) is 6.92 Å². The van der Waals surface area contributed by atoms with E-state index in [1.807, 2.05) is 12.5 Å². The SMILES string of the molecule is CCCn1cncc1COC1CCCC(N)C1. The van der Waals surface area contributed by atoms with Crippen LogP contribution in [-0.2, 0) is 17.9 Å². The lowest BCUT2D eigenvalue weighted by Gasteiger charge is -2.26. The van der Waals surface area contributed by atoms with Gasteiger partial charge in [-0.05, 0) is 32.1 Å². The van der Waals surface area contributed by atoms with E-state index in [2.05, 4.69) is 16.5 Å². The number of aryl methyl sites for hydroxylation is 1. The van der Waals surface area contributed by atoms with Crippen LogP contribution < -0.4 is 5.73 Å². The molecule has 0 bridgehead atoms. The molecule has 2 unspecified atom stereocenters. The molecule has 96 valence electrons. The van der Waals surface area contributed by atoms with Crippen molar-refractivity contribution in [3.8, 4) is 0 Å². The van der Waals surface area contributed by atoms with Crippen molar-refractivity contribution in [2.24, 2.45) is 5.73 Å². The Kier molecular flexibility index (Phi) is 4.57. The van der Waals surface area contributed by atoms with Gasteiger partial charge in [-0.15, -0.1) is 0 Å². The van der Waals surface area contributed by atoms with Gasteiger partial charge in [0.1, 0.15) is 0 Å². The van der Waals surface area contributed by atoms with E-state index in [1.54, 1.807) is 0 Å². The van der Waals surface area contributed by atoms with Gasteiger partial charge in [0, 0.05) is 12.6 Å². The molecule has 0 aliphatic heterocycles. The zero-order valence-electron chi connectivity index (χ0n) is 10.6. The second kappa shape index (κ2) is 6.17. The van der Waals surface area contributed by atoms with Crippen LogP contribution in [0.3, 0.4) is 0 Å².